The summed E-state index contributed by atoms with van der Waals surface area (Å²) in [5.74, 6) is -1.22. The van der Waals surface area contributed by atoms with Crippen LogP contribution in [0.5, 0.6) is 11.5 Å². The molecule has 3 aromatic rings. The quantitative estimate of drug-likeness (QED) is 0.575. The van der Waals surface area contributed by atoms with Gasteiger partial charge in [-0.25, -0.2) is 9.59 Å². The average molecular weight is 346 g/mol. The van der Waals surface area contributed by atoms with Gasteiger partial charge >= 0.3 is 11.9 Å². The molecule has 0 fully saturated rings. The van der Waals surface area contributed by atoms with Crippen molar-refractivity contribution in [1.82, 2.24) is 0 Å². The number of hydrogen-bond acceptors (Lipinski definition) is 3. The van der Waals surface area contributed by atoms with E-state index in [-0.39, 0.29) is 17.0 Å². The highest BCUT2D eigenvalue weighted by Gasteiger charge is 2.30. The number of fused-ring (bicyclic) bond motifs is 2. The van der Waals surface area contributed by atoms with Crippen molar-refractivity contribution in [2.24, 2.45) is 0 Å². The molecule has 5 nitrogen and oxygen atoms in total. The van der Waals surface area contributed by atoms with Gasteiger partial charge in [-0.3, -0.25) is 0 Å². The lowest BCUT2D eigenvalue weighted by Gasteiger charge is -2.29. The number of rotatable bonds is 3. The summed E-state index contributed by atoms with van der Waals surface area (Å²) in [4.78, 5) is 22.8. The van der Waals surface area contributed by atoms with Gasteiger partial charge < -0.3 is 14.9 Å². The Hall–Kier alpha value is -3.60. The highest BCUT2D eigenvalue weighted by molar-refractivity contribution is 5.89. The second-order valence-corrected chi connectivity index (χ2v) is 6.06. The Kier molecular flexibility index (Phi) is 3.69. The molecule has 4 rings (SSSR count). The van der Waals surface area contributed by atoms with Crippen LogP contribution in [0.3, 0.4) is 0 Å². The first-order chi connectivity index (χ1) is 12.5. The Morgan fingerprint density at radius 3 is 1.69 bits per heavy atom. The molecule has 0 saturated carbocycles. The summed E-state index contributed by atoms with van der Waals surface area (Å²) in [5, 5.41) is 18.7. The van der Waals surface area contributed by atoms with E-state index >= 15 is 0 Å². The molecule has 3 aromatic carbocycles. The van der Waals surface area contributed by atoms with E-state index in [9.17, 15) is 19.8 Å². The third-order valence-corrected chi connectivity index (χ3v) is 4.49. The molecule has 5 heteroatoms. The predicted octanol–water partition coefficient (Wildman–Crippen LogP) is 4.37. The van der Waals surface area contributed by atoms with Crippen LogP contribution in [0, 0.1) is 0 Å². The zero-order valence-electron chi connectivity index (χ0n) is 13.5. The minimum Gasteiger partial charge on any atom is -0.478 e. The number of hydrogen-bond donors (Lipinski definition) is 2. The zero-order valence-corrected chi connectivity index (χ0v) is 13.5. The minimum absolute atomic E-state index is 0.158. The molecule has 0 spiro atoms. The van der Waals surface area contributed by atoms with Gasteiger partial charge in [-0.15, -0.1) is 0 Å². The Balaban J connectivity index is 1.97. The molecule has 2 N–H and O–H groups in total. The molecule has 0 aromatic heterocycles. The number of carboxylic acids is 2. The molecule has 26 heavy (non-hydrogen) atoms. The zero-order chi connectivity index (χ0) is 18.3. The summed E-state index contributed by atoms with van der Waals surface area (Å²) in [6.07, 6.45) is 0. The lowest BCUT2D eigenvalue weighted by molar-refractivity contribution is 0.0686. The van der Waals surface area contributed by atoms with Crippen LogP contribution in [0.1, 0.15) is 43.3 Å². The fourth-order valence-electron chi connectivity index (χ4n) is 3.29. The van der Waals surface area contributed by atoms with E-state index in [1.165, 1.54) is 12.1 Å². The van der Waals surface area contributed by atoms with Gasteiger partial charge in [0.15, 0.2) is 0 Å². The van der Waals surface area contributed by atoms with Crippen molar-refractivity contribution in [2.45, 2.75) is 5.92 Å². The van der Waals surface area contributed by atoms with E-state index in [1.54, 1.807) is 24.3 Å². The van der Waals surface area contributed by atoms with Crippen molar-refractivity contribution < 1.29 is 24.5 Å². The normalized spacial score (nSPS) is 12.6. The molecule has 0 aliphatic carbocycles. The van der Waals surface area contributed by atoms with Crippen LogP contribution in [0.4, 0.5) is 0 Å². The van der Waals surface area contributed by atoms with E-state index < -0.39 is 11.9 Å². The van der Waals surface area contributed by atoms with Crippen molar-refractivity contribution in [1.29, 1.82) is 0 Å². The van der Waals surface area contributed by atoms with Crippen molar-refractivity contribution in [2.75, 3.05) is 0 Å². The average Bonchev–Trinajstić information content (AvgIpc) is 2.65. The van der Waals surface area contributed by atoms with Crippen LogP contribution < -0.4 is 4.74 Å². The summed E-state index contributed by atoms with van der Waals surface area (Å²) in [6.45, 7) is 0. The van der Waals surface area contributed by atoms with Gasteiger partial charge in [0, 0.05) is 17.0 Å². The molecule has 0 radical (unpaired) electrons. The second kappa shape index (κ2) is 6.04. The molecule has 128 valence electrons. The van der Waals surface area contributed by atoms with Gasteiger partial charge in [-0.05, 0) is 42.0 Å². The van der Waals surface area contributed by atoms with Gasteiger partial charge in [-0.1, -0.05) is 30.3 Å². The number of carbonyl (C=O) groups is 2. The SMILES string of the molecule is O=C(O)c1ccc2c(c1)C(c1ccccc1)c1cc(C(=O)O)ccc1O2. The van der Waals surface area contributed by atoms with Crippen LogP contribution in [-0.2, 0) is 0 Å². The lowest BCUT2D eigenvalue weighted by atomic mass is 9.81. The fourth-order valence-corrected chi connectivity index (χ4v) is 3.29. The molecule has 1 aliphatic heterocycles. The van der Waals surface area contributed by atoms with Gasteiger partial charge in [0.05, 0.1) is 11.1 Å². The summed E-state index contributed by atoms with van der Waals surface area (Å²) in [7, 11) is 0. The number of aromatic carboxylic acids is 2. The molecular formula is C21H14O5. The van der Waals surface area contributed by atoms with Crippen molar-refractivity contribution >= 4 is 11.9 Å². The smallest absolute Gasteiger partial charge is 0.335 e. The number of benzene rings is 3. The Morgan fingerprint density at radius 2 is 1.23 bits per heavy atom. The van der Waals surface area contributed by atoms with E-state index in [0.29, 0.717) is 22.6 Å². The van der Waals surface area contributed by atoms with E-state index in [4.69, 9.17) is 4.74 Å². The van der Waals surface area contributed by atoms with Crippen LogP contribution in [0.25, 0.3) is 0 Å². The largest absolute Gasteiger partial charge is 0.478 e. The second-order valence-electron chi connectivity index (χ2n) is 6.06. The molecule has 0 atom stereocenters. The fraction of sp³-hybridized carbons (Fsp3) is 0.0476. The standard InChI is InChI=1S/C21H14O5/c22-20(23)13-6-8-17-15(10-13)19(12-4-2-1-3-5-12)16-11-14(21(24)25)7-9-18(16)26-17/h1-11,19H,(H,22,23)(H,24,25). The van der Waals surface area contributed by atoms with Crippen LogP contribution >= 0.6 is 0 Å². The maximum absolute atomic E-state index is 11.4. The Labute approximate surface area is 149 Å². The van der Waals surface area contributed by atoms with Crippen molar-refractivity contribution in [3.05, 3.63) is 94.5 Å². The molecule has 1 aliphatic rings. The topological polar surface area (TPSA) is 83.8 Å². The van der Waals surface area contributed by atoms with E-state index in [2.05, 4.69) is 0 Å². The third-order valence-electron chi connectivity index (χ3n) is 4.49. The lowest BCUT2D eigenvalue weighted by Crippen LogP contribution is -2.14. The summed E-state index contributed by atoms with van der Waals surface area (Å²) >= 11 is 0. The monoisotopic (exact) mass is 346 g/mol. The van der Waals surface area contributed by atoms with Crippen LogP contribution in [0.15, 0.2) is 66.7 Å². The van der Waals surface area contributed by atoms with Gasteiger partial charge in [0.2, 0.25) is 0 Å². The first-order valence-electron chi connectivity index (χ1n) is 8.02. The molecule has 0 unspecified atom stereocenters. The summed E-state index contributed by atoms with van der Waals surface area (Å²) < 4.78 is 5.91. The van der Waals surface area contributed by atoms with Crippen molar-refractivity contribution in [3.8, 4) is 11.5 Å². The molecule has 0 saturated heterocycles. The van der Waals surface area contributed by atoms with Crippen LogP contribution in [0.2, 0.25) is 0 Å². The maximum Gasteiger partial charge on any atom is 0.335 e. The summed E-state index contributed by atoms with van der Waals surface area (Å²) in [6, 6.07) is 19.0. The minimum atomic E-state index is -1.02. The Bertz CT molecular complexity index is 960. The highest BCUT2D eigenvalue weighted by Crippen LogP contribution is 2.47. The first kappa shape index (κ1) is 15.9. The third kappa shape index (κ3) is 2.59. The molecule has 0 amide bonds. The van der Waals surface area contributed by atoms with Gasteiger partial charge in [0.1, 0.15) is 11.5 Å². The van der Waals surface area contributed by atoms with E-state index in [0.717, 1.165) is 5.56 Å². The van der Waals surface area contributed by atoms with Gasteiger partial charge in [0.25, 0.3) is 0 Å². The predicted molar refractivity (Wildman–Crippen MR) is 94.3 cm³/mol. The van der Waals surface area contributed by atoms with Gasteiger partial charge in [-0.2, -0.15) is 0 Å². The first-order valence-corrected chi connectivity index (χ1v) is 8.02. The molecule has 1 heterocycles. The number of carboxylic acid groups (broad SMARTS) is 2. The Morgan fingerprint density at radius 1 is 0.731 bits per heavy atom. The highest BCUT2D eigenvalue weighted by atomic mass is 16.5. The number of ether oxygens (including phenoxy) is 1. The van der Waals surface area contributed by atoms with Crippen LogP contribution in [-0.4, -0.2) is 22.2 Å². The maximum atomic E-state index is 11.4. The molecule has 0 bridgehead atoms. The van der Waals surface area contributed by atoms with E-state index in [1.807, 2.05) is 30.3 Å². The van der Waals surface area contributed by atoms with Crippen molar-refractivity contribution in [3.63, 3.8) is 0 Å². The summed E-state index contributed by atoms with van der Waals surface area (Å²) in [5.41, 5.74) is 2.65. The molecular weight excluding hydrogens is 332 g/mol.